The van der Waals surface area contributed by atoms with Gasteiger partial charge < -0.3 is 10.8 Å². The van der Waals surface area contributed by atoms with Crippen LogP contribution in [0.2, 0.25) is 0 Å². The third-order valence-electron chi connectivity index (χ3n) is 1.90. The Morgan fingerprint density at radius 3 is 2.75 bits per heavy atom. The van der Waals surface area contributed by atoms with E-state index in [2.05, 4.69) is 4.98 Å². The van der Waals surface area contributed by atoms with Gasteiger partial charge in [0.15, 0.2) is 0 Å². The van der Waals surface area contributed by atoms with Crippen LogP contribution in [0.5, 0.6) is 0 Å². The van der Waals surface area contributed by atoms with Gasteiger partial charge in [-0.25, -0.2) is 0 Å². The summed E-state index contributed by atoms with van der Waals surface area (Å²) in [4.78, 5) is 3.93. The number of nitrogens with zero attached hydrogens (tertiary/aromatic N) is 1. The quantitative estimate of drug-likeness (QED) is 0.682. The van der Waals surface area contributed by atoms with Crippen molar-refractivity contribution in [3.8, 4) is 0 Å². The predicted molar refractivity (Wildman–Crippen MR) is 47.6 cm³/mol. The minimum absolute atomic E-state index is 0.257. The molecule has 66 valence electrons. The molecule has 12 heavy (non-hydrogen) atoms. The minimum Gasteiger partial charge on any atom is -0.387 e. The lowest BCUT2D eigenvalue weighted by Gasteiger charge is -2.16. The van der Waals surface area contributed by atoms with Crippen molar-refractivity contribution in [2.75, 3.05) is 0 Å². The summed E-state index contributed by atoms with van der Waals surface area (Å²) in [5.74, 6) is 0. The first-order valence-corrected chi connectivity index (χ1v) is 3.97. The van der Waals surface area contributed by atoms with Crippen molar-refractivity contribution in [2.45, 2.75) is 26.0 Å². The second-order valence-corrected chi connectivity index (χ2v) is 3.04. The average molecular weight is 166 g/mol. The molecule has 1 aromatic heterocycles. The molecular weight excluding hydrogens is 152 g/mol. The van der Waals surface area contributed by atoms with Crippen LogP contribution < -0.4 is 5.73 Å². The van der Waals surface area contributed by atoms with Gasteiger partial charge in [-0.1, -0.05) is 0 Å². The van der Waals surface area contributed by atoms with Crippen molar-refractivity contribution in [2.24, 2.45) is 5.73 Å². The summed E-state index contributed by atoms with van der Waals surface area (Å²) in [6.45, 7) is 3.71. The van der Waals surface area contributed by atoms with Crippen LogP contribution in [0.1, 0.15) is 24.2 Å². The Morgan fingerprint density at radius 1 is 1.58 bits per heavy atom. The second kappa shape index (κ2) is 3.65. The zero-order chi connectivity index (χ0) is 9.14. The van der Waals surface area contributed by atoms with Gasteiger partial charge in [-0.15, -0.1) is 0 Å². The molecule has 1 aromatic rings. The van der Waals surface area contributed by atoms with Crippen LogP contribution in [0.3, 0.4) is 0 Å². The number of rotatable bonds is 2. The molecule has 3 nitrogen and oxygen atoms in total. The lowest BCUT2D eigenvalue weighted by molar-refractivity contribution is 0.152. The molecule has 3 heteroatoms. The molecule has 0 aliphatic carbocycles. The van der Waals surface area contributed by atoms with Gasteiger partial charge in [0.05, 0.1) is 6.10 Å². The molecule has 0 aromatic carbocycles. The normalized spacial score (nSPS) is 15.7. The molecule has 1 unspecified atom stereocenters. The molecular formula is C9H14N2O. The maximum atomic E-state index is 9.61. The van der Waals surface area contributed by atoms with E-state index >= 15 is 0 Å². The first-order valence-electron chi connectivity index (χ1n) is 3.97. The Labute approximate surface area is 72.2 Å². The van der Waals surface area contributed by atoms with Crippen molar-refractivity contribution in [3.63, 3.8) is 0 Å². The standard InChI is InChI=1S/C9H14N2O/c1-6-3-4-11-5-8(6)9(12)7(2)10/h3-5,7,9,12H,10H2,1-2H3/t7-,9?/m1/s1. The van der Waals surface area contributed by atoms with Gasteiger partial charge in [-0.2, -0.15) is 0 Å². The number of hydrogen-bond donors (Lipinski definition) is 2. The Kier molecular flexibility index (Phi) is 2.78. The third-order valence-corrected chi connectivity index (χ3v) is 1.90. The summed E-state index contributed by atoms with van der Waals surface area (Å²) in [7, 11) is 0. The molecule has 0 radical (unpaired) electrons. The van der Waals surface area contributed by atoms with Crippen LogP contribution in [0.15, 0.2) is 18.5 Å². The van der Waals surface area contributed by atoms with Crippen LogP contribution in [0.4, 0.5) is 0 Å². The average Bonchev–Trinajstić information content (AvgIpc) is 2.04. The van der Waals surface area contributed by atoms with Crippen molar-refractivity contribution < 1.29 is 5.11 Å². The van der Waals surface area contributed by atoms with Crippen molar-refractivity contribution in [1.82, 2.24) is 4.98 Å². The highest BCUT2D eigenvalue weighted by Gasteiger charge is 2.13. The second-order valence-electron chi connectivity index (χ2n) is 3.04. The lowest BCUT2D eigenvalue weighted by atomic mass is 10.0. The third kappa shape index (κ3) is 1.81. The van der Waals surface area contributed by atoms with E-state index in [4.69, 9.17) is 5.73 Å². The maximum Gasteiger partial charge on any atom is 0.0955 e. The van der Waals surface area contributed by atoms with E-state index in [1.807, 2.05) is 13.0 Å². The first kappa shape index (κ1) is 9.16. The molecule has 3 N–H and O–H groups in total. The van der Waals surface area contributed by atoms with Gasteiger partial charge in [0.1, 0.15) is 0 Å². The molecule has 0 saturated carbocycles. The van der Waals surface area contributed by atoms with E-state index in [0.717, 1.165) is 11.1 Å². The molecule has 0 aliphatic rings. The van der Waals surface area contributed by atoms with Gasteiger partial charge in [0.25, 0.3) is 0 Å². The van der Waals surface area contributed by atoms with Crippen LogP contribution in [0.25, 0.3) is 0 Å². The fourth-order valence-electron chi connectivity index (χ4n) is 1.07. The van der Waals surface area contributed by atoms with Crippen molar-refractivity contribution in [1.29, 1.82) is 0 Å². The molecule has 1 rings (SSSR count). The predicted octanol–water partition coefficient (Wildman–Crippen LogP) is 0.771. The molecule has 0 aliphatic heterocycles. The Morgan fingerprint density at radius 2 is 2.25 bits per heavy atom. The van der Waals surface area contributed by atoms with E-state index in [0.29, 0.717) is 0 Å². The number of aromatic nitrogens is 1. The van der Waals surface area contributed by atoms with Gasteiger partial charge >= 0.3 is 0 Å². The van der Waals surface area contributed by atoms with E-state index in [-0.39, 0.29) is 6.04 Å². The topological polar surface area (TPSA) is 59.1 Å². The summed E-state index contributed by atoms with van der Waals surface area (Å²) < 4.78 is 0. The SMILES string of the molecule is Cc1ccncc1C(O)[C@@H](C)N. The number of pyridine rings is 1. The highest BCUT2D eigenvalue weighted by atomic mass is 16.3. The number of aryl methyl sites for hydroxylation is 1. The minimum atomic E-state index is -0.612. The zero-order valence-corrected chi connectivity index (χ0v) is 7.36. The highest BCUT2D eigenvalue weighted by molar-refractivity contribution is 5.24. The van der Waals surface area contributed by atoms with Crippen molar-refractivity contribution in [3.05, 3.63) is 29.6 Å². The summed E-state index contributed by atoms with van der Waals surface area (Å²) >= 11 is 0. The lowest BCUT2D eigenvalue weighted by Crippen LogP contribution is -2.25. The first-order chi connectivity index (χ1) is 5.63. The molecule has 0 spiro atoms. The van der Waals surface area contributed by atoms with Crippen LogP contribution in [-0.2, 0) is 0 Å². The van der Waals surface area contributed by atoms with E-state index in [1.165, 1.54) is 0 Å². The monoisotopic (exact) mass is 166 g/mol. The Bertz CT molecular complexity index is 260. The summed E-state index contributed by atoms with van der Waals surface area (Å²) in [6, 6.07) is 1.61. The maximum absolute atomic E-state index is 9.61. The van der Waals surface area contributed by atoms with Crippen LogP contribution in [0, 0.1) is 6.92 Å². The van der Waals surface area contributed by atoms with Crippen LogP contribution in [-0.4, -0.2) is 16.1 Å². The molecule has 0 amide bonds. The van der Waals surface area contributed by atoms with E-state index in [9.17, 15) is 5.11 Å². The molecule has 0 bridgehead atoms. The molecule has 0 saturated heterocycles. The molecule has 2 atom stereocenters. The fraction of sp³-hybridized carbons (Fsp3) is 0.444. The van der Waals surface area contributed by atoms with Crippen molar-refractivity contribution >= 4 is 0 Å². The summed E-state index contributed by atoms with van der Waals surface area (Å²) in [6.07, 6.45) is 2.74. The van der Waals surface area contributed by atoms with Gasteiger partial charge in [0.2, 0.25) is 0 Å². The largest absolute Gasteiger partial charge is 0.387 e. The number of aliphatic hydroxyl groups excluding tert-OH is 1. The van der Waals surface area contributed by atoms with Crippen LogP contribution >= 0.6 is 0 Å². The number of aliphatic hydroxyl groups is 1. The van der Waals surface area contributed by atoms with Gasteiger partial charge in [-0.3, -0.25) is 4.98 Å². The zero-order valence-electron chi connectivity index (χ0n) is 7.36. The number of hydrogen-bond acceptors (Lipinski definition) is 3. The number of nitrogens with two attached hydrogens (primary N) is 1. The Balaban J connectivity index is 2.94. The fourth-order valence-corrected chi connectivity index (χ4v) is 1.07. The van der Waals surface area contributed by atoms with Gasteiger partial charge in [-0.05, 0) is 25.5 Å². The molecule has 0 fully saturated rings. The smallest absolute Gasteiger partial charge is 0.0955 e. The van der Waals surface area contributed by atoms with E-state index < -0.39 is 6.10 Å². The Hall–Kier alpha value is -0.930. The van der Waals surface area contributed by atoms with E-state index in [1.54, 1.807) is 19.3 Å². The summed E-state index contributed by atoms with van der Waals surface area (Å²) in [5, 5.41) is 9.61. The van der Waals surface area contributed by atoms with Gasteiger partial charge in [0, 0.05) is 24.0 Å². The highest BCUT2D eigenvalue weighted by Crippen LogP contribution is 2.17. The molecule has 1 heterocycles. The summed E-state index contributed by atoms with van der Waals surface area (Å²) in [5.41, 5.74) is 7.39.